The van der Waals surface area contributed by atoms with Crippen LogP contribution in [0.2, 0.25) is 0 Å². The molecule has 1 heterocycles. The molecule has 1 N–H and O–H groups in total. The van der Waals surface area contributed by atoms with E-state index in [4.69, 9.17) is 4.74 Å². The summed E-state index contributed by atoms with van der Waals surface area (Å²) in [4.78, 5) is 2.28. The molecule has 2 rings (SSSR count). The van der Waals surface area contributed by atoms with Crippen molar-refractivity contribution in [2.24, 2.45) is 5.92 Å². The lowest BCUT2D eigenvalue weighted by atomic mass is 10.0. The number of methoxy groups -OCH3 is 1. The van der Waals surface area contributed by atoms with Crippen LogP contribution in [0, 0.1) is 5.92 Å². The summed E-state index contributed by atoms with van der Waals surface area (Å²) >= 11 is 0. The van der Waals surface area contributed by atoms with Crippen molar-refractivity contribution >= 4 is 5.69 Å². The monoisotopic (exact) mass is 234 g/mol. The first-order valence-electron chi connectivity index (χ1n) is 6.30. The molecular weight excluding hydrogens is 212 g/mol. The van der Waals surface area contributed by atoms with Crippen LogP contribution in [-0.2, 0) is 0 Å². The lowest BCUT2D eigenvalue weighted by molar-refractivity contribution is 0.413. The van der Waals surface area contributed by atoms with E-state index in [1.807, 2.05) is 12.1 Å². The highest BCUT2D eigenvalue weighted by Crippen LogP contribution is 2.27. The summed E-state index contributed by atoms with van der Waals surface area (Å²) in [7, 11) is 3.85. The number of benzene rings is 1. The molecule has 1 aliphatic rings. The Hall–Kier alpha value is -1.22. The number of para-hydroxylation sites is 2. The maximum atomic E-state index is 5.40. The second-order valence-electron chi connectivity index (χ2n) is 4.88. The second kappa shape index (κ2) is 5.41. The molecular formula is C14H22N2O. The molecule has 1 aromatic rings. The van der Waals surface area contributed by atoms with E-state index in [0.717, 1.165) is 30.4 Å². The SMILES string of the molecule is COc1ccccc1N(C)CC1NCCC1C. The molecule has 3 heteroatoms. The molecule has 0 aliphatic carbocycles. The summed E-state index contributed by atoms with van der Waals surface area (Å²) in [6.45, 7) is 4.49. The third-order valence-electron chi connectivity index (χ3n) is 3.66. The largest absolute Gasteiger partial charge is 0.495 e. The van der Waals surface area contributed by atoms with Gasteiger partial charge >= 0.3 is 0 Å². The van der Waals surface area contributed by atoms with Gasteiger partial charge in [-0.3, -0.25) is 0 Å². The minimum Gasteiger partial charge on any atom is -0.495 e. The first-order valence-corrected chi connectivity index (χ1v) is 6.30. The molecule has 2 atom stereocenters. The van der Waals surface area contributed by atoms with Gasteiger partial charge in [0.25, 0.3) is 0 Å². The number of hydrogen-bond donors (Lipinski definition) is 1. The van der Waals surface area contributed by atoms with E-state index >= 15 is 0 Å². The van der Waals surface area contributed by atoms with Crippen molar-refractivity contribution in [3.05, 3.63) is 24.3 Å². The molecule has 94 valence electrons. The standard InChI is InChI=1S/C14H22N2O/c1-11-8-9-15-12(11)10-16(2)13-6-4-5-7-14(13)17-3/h4-7,11-12,15H,8-10H2,1-3H3. The molecule has 17 heavy (non-hydrogen) atoms. The normalized spacial score (nSPS) is 23.7. The van der Waals surface area contributed by atoms with E-state index < -0.39 is 0 Å². The van der Waals surface area contributed by atoms with Crippen molar-refractivity contribution in [3.8, 4) is 5.75 Å². The van der Waals surface area contributed by atoms with Crippen molar-refractivity contribution in [2.45, 2.75) is 19.4 Å². The smallest absolute Gasteiger partial charge is 0.142 e. The van der Waals surface area contributed by atoms with Crippen molar-refractivity contribution in [1.82, 2.24) is 5.32 Å². The van der Waals surface area contributed by atoms with Gasteiger partial charge in [-0.1, -0.05) is 19.1 Å². The highest BCUT2D eigenvalue weighted by atomic mass is 16.5. The van der Waals surface area contributed by atoms with Gasteiger partial charge in [-0.25, -0.2) is 0 Å². The average molecular weight is 234 g/mol. The Bertz CT molecular complexity index is 367. The predicted octanol–water partition coefficient (Wildman–Crippen LogP) is 2.13. The van der Waals surface area contributed by atoms with Crippen LogP contribution in [0.1, 0.15) is 13.3 Å². The van der Waals surface area contributed by atoms with Crippen LogP contribution in [0.25, 0.3) is 0 Å². The Morgan fingerprint density at radius 1 is 1.41 bits per heavy atom. The lowest BCUT2D eigenvalue weighted by Crippen LogP contribution is -2.38. The number of nitrogens with one attached hydrogen (secondary N) is 1. The maximum Gasteiger partial charge on any atom is 0.142 e. The number of rotatable bonds is 4. The van der Waals surface area contributed by atoms with Crippen LogP contribution in [-0.4, -0.2) is 33.3 Å². The molecule has 3 nitrogen and oxygen atoms in total. The number of hydrogen-bond acceptors (Lipinski definition) is 3. The van der Waals surface area contributed by atoms with Crippen LogP contribution in [0.5, 0.6) is 5.75 Å². The van der Waals surface area contributed by atoms with E-state index in [1.165, 1.54) is 6.42 Å². The summed E-state index contributed by atoms with van der Waals surface area (Å²) in [6.07, 6.45) is 1.28. The van der Waals surface area contributed by atoms with Crippen molar-refractivity contribution in [1.29, 1.82) is 0 Å². The fraction of sp³-hybridized carbons (Fsp3) is 0.571. The van der Waals surface area contributed by atoms with E-state index in [1.54, 1.807) is 7.11 Å². The Morgan fingerprint density at radius 3 is 2.82 bits per heavy atom. The number of ether oxygens (including phenoxy) is 1. The Balaban J connectivity index is 2.06. The Morgan fingerprint density at radius 2 is 2.18 bits per heavy atom. The van der Waals surface area contributed by atoms with E-state index in [9.17, 15) is 0 Å². The predicted molar refractivity (Wildman–Crippen MR) is 71.8 cm³/mol. The molecule has 1 aromatic carbocycles. The van der Waals surface area contributed by atoms with Crippen molar-refractivity contribution in [3.63, 3.8) is 0 Å². The zero-order chi connectivity index (χ0) is 12.3. The average Bonchev–Trinajstić information content (AvgIpc) is 2.75. The van der Waals surface area contributed by atoms with Gasteiger partial charge in [0.1, 0.15) is 5.75 Å². The minimum atomic E-state index is 0.588. The fourth-order valence-electron chi connectivity index (χ4n) is 2.48. The van der Waals surface area contributed by atoms with E-state index in [2.05, 4.69) is 36.3 Å². The Labute approximate surface area is 104 Å². The quantitative estimate of drug-likeness (QED) is 0.863. The van der Waals surface area contributed by atoms with Gasteiger partial charge in [0, 0.05) is 19.6 Å². The number of anilines is 1. The maximum absolute atomic E-state index is 5.40. The third-order valence-corrected chi connectivity index (χ3v) is 3.66. The van der Waals surface area contributed by atoms with Gasteiger partial charge in [0.2, 0.25) is 0 Å². The van der Waals surface area contributed by atoms with E-state index in [0.29, 0.717) is 6.04 Å². The van der Waals surface area contributed by atoms with Crippen molar-refractivity contribution in [2.75, 3.05) is 32.1 Å². The molecule has 0 radical (unpaired) electrons. The fourth-order valence-corrected chi connectivity index (χ4v) is 2.48. The minimum absolute atomic E-state index is 0.588. The zero-order valence-corrected chi connectivity index (χ0v) is 10.9. The first-order chi connectivity index (χ1) is 8.22. The summed E-state index contributed by atoms with van der Waals surface area (Å²) in [5.74, 6) is 1.70. The van der Waals surface area contributed by atoms with Crippen LogP contribution < -0.4 is 15.0 Å². The van der Waals surface area contributed by atoms with Gasteiger partial charge in [-0.2, -0.15) is 0 Å². The van der Waals surface area contributed by atoms with Gasteiger partial charge < -0.3 is 15.0 Å². The van der Waals surface area contributed by atoms with Crippen LogP contribution in [0.15, 0.2) is 24.3 Å². The lowest BCUT2D eigenvalue weighted by Gasteiger charge is -2.26. The van der Waals surface area contributed by atoms with Gasteiger partial charge in [0.05, 0.1) is 12.8 Å². The highest BCUT2D eigenvalue weighted by Gasteiger charge is 2.24. The molecule has 1 aliphatic heterocycles. The van der Waals surface area contributed by atoms with Crippen LogP contribution in [0.3, 0.4) is 0 Å². The molecule has 0 aromatic heterocycles. The van der Waals surface area contributed by atoms with Gasteiger partial charge in [-0.05, 0) is 31.0 Å². The molecule has 0 spiro atoms. The Kier molecular flexibility index (Phi) is 3.89. The molecule has 0 amide bonds. The topological polar surface area (TPSA) is 24.5 Å². The van der Waals surface area contributed by atoms with Crippen LogP contribution >= 0.6 is 0 Å². The van der Waals surface area contributed by atoms with Gasteiger partial charge in [0.15, 0.2) is 0 Å². The molecule has 1 saturated heterocycles. The first kappa shape index (κ1) is 12.2. The molecule has 0 bridgehead atoms. The highest BCUT2D eigenvalue weighted by molar-refractivity contribution is 5.57. The summed E-state index contributed by atoms with van der Waals surface area (Å²) in [6, 6.07) is 8.77. The number of nitrogens with zero attached hydrogens (tertiary/aromatic N) is 1. The number of likely N-dealkylation sites (N-methyl/N-ethyl adjacent to an activating group) is 1. The van der Waals surface area contributed by atoms with E-state index in [-0.39, 0.29) is 0 Å². The summed E-state index contributed by atoms with van der Waals surface area (Å²) in [5.41, 5.74) is 1.16. The third kappa shape index (κ3) is 2.72. The molecule has 0 saturated carbocycles. The molecule has 2 unspecified atom stereocenters. The van der Waals surface area contributed by atoms with Gasteiger partial charge in [-0.15, -0.1) is 0 Å². The van der Waals surface area contributed by atoms with Crippen LogP contribution in [0.4, 0.5) is 5.69 Å². The summed E-state index contributed by atoms with van der Waals surface area (Å²) in [5, 5.41) is 3.56. The second-order valence-corrected chi connectivity index (χ2v) is 4.88. The summed E-state index contributed by atoms with van der Waals surface area (Å²) < 4.78 is 5.40. The van der Waals surface area contributed by atoms with Crippen molar-refractivity contribution < 1.29 is 4.74 Å². The zero-order valence-electron chi connectivity index (χ0n) is 10.9. The molecule has 1 fully saturated rings.